The van der Waals surface area contributed by atoms with E-state index in [1.165, 1.54) is 4.90 Å². The molecule has 1 amide bonds. The van der Waals surface area contributed by atoms with Gasteiger partial charge in [0.05, 0.1) is 5.92 Å². The Balaban J connectivity index is 1.58. The van der Waals surface area contributed by atoms with E-state index in [1.807, 2.05) is 24.3 Å². The molecule has 0 aliphatic carbocycles. The van der Waals surface area contributed by atoms with Gasteiger partial charge in [0.25, 0.3) is 0 Å². The van der Waals surface area contributed by atoms with Crippen LogP contribution in [0.2, 0.25) is 0 Å². The van der Waals surface area contributed by atoms with Gasteiger partial charge in [-0.05, 0) is 24.3 Å². The molecule has 0 saturated carbocycles. The van der Waals surface area contributed by atoms with Crippen LogP contribution in [0.15, 0.2) is 51.5 Å². The molecule has 1 unspecified atom stereocenters. The summed E-state index contributed by atoms with van der Waals surface area (Å²) in [5.41, 5.74) is 0.962. The topological polar surface area (TPSA) is 59.2 Å². The van der Waals surface area contributed by atoms with E-state index in [9.17, 15) is 13.6 Å². The zero-order valence-electron chi connectivity index (χ0n) is 13.3. The average molecular weight is 420 g/mol. The smallest absolute Gasteiger partial charge is 0.232 e. The molecule has 2 aromatic carbocycles. The third-order valence-electron chi connectivity index (χ3n) is 4.16. The molecule has 5 nitrogen and oxygen atoms in total. The lowest BCUT2D eigenvalue weighted by Gasteiger charge is -2.16. The summed E-state index contributed by atoms with van der Waals surface area (Å²) in [5, 5.41) is 3.97. The van der Waals surface area contributed by atoms with Gasteiger partial charge in [-0.25, -0.2) is 8.78 Å². The molecular formula is C18H12BrF2N3O2. The lowest BCUT2D eigenvalue weighted by molar-refractivity contribution is -0.117. The molecule has 1 aromatic heterocycles. The van der Waals surface area contributed by atoms with Crippen LogP contribution in [0.4, 0.5) is 14.5 Å². The lowest BCUT2D eigenvalue weighted by atomic mass is 10.1. The Kier molecular flexibility index (Phi) is 4.28. The van der Waals surface area contributed by atoms with Gasteiger partial charge in [0, 0.05) is 34.8 Å². The van der Waals surface area contributed by atoms with Crippen LogP contribution in [0.5, 0.6) is 0 Å². The Hall–Kier alpha value is -2.61. The minimum absolute atomic E-state index is 0.137. The fourth-order valence-electron chi connectivity index (χ4n) is 2.96. The van der Waals surface area contributed by atoms with Crippen LogP contribution >= 0.6 is 15.9 Å². The summed E-state index contributed by atoms with van der Waals surface area (Å²) in [5.74, 6) is -1.29. The largest absolute Gasteiger partial charge is 0.339 e. The molecule has 0 spiro atoms. The third-order valence-corrected chi connectivity index (χ3v) is 4.65. The van der Waals surface area contributed by atoms with Crippen LogP contribution in [0.3, 0.4) is 0 Å². The normalized spacial score (nSPS) is 17.1. The third kappa shape index (κ3) is 3.24. The van der Waals surface area contributed by atoms with Crippen molar-refractivity contribution in [1.82, 2.24) is 10.1 Å². The van der Waals surface area contributed by atoms with Gasteiger partial charge in [-0.3, -0.25) is 4.79 Å². The molecular weight excluding hydrogens is 408 g/mol. The van der Waals surface area contributed by atoms with Crippen molar-refractivity contribution in [2.45, 2.75) is 12.3 Å². The Labute approximate surface area is 155 Å². The van der Waals surface area contributed by atoms with Gasteiger partial charge < -0.3 is 9.42 Å². The van der Waals surface area contributed by atoms with E-state index >= 15 is 0 Å². The van der Waals surface area contributed by atoms with Crippen LogP contribution < -0.4 is 4.90 Å². The van der Waals surface area contributed by atoms with Gasteiger partial charge in [0.2, 0.25) is 17.6 Å². The van der Waals surface area contributed by atoms with Crippen LogP contribution in [0.1, 0.15) is 18.2 Å². The van der Waals surface area contributed by atoms with E-state index in [-0.39, 0.29) is 30.5 Å². The summed E-state index contributed by atoms with van der Waals surface area (Å²) in [7, 11) is 0. The van der Waals surface area contributed by atoms with E-state index in [2.05, 4.69) is 26.1 Å². The summed E-state index contributed by atoms with van der Waals surface area (Å²) < 4.78 is 33.1. The van der Waals surface area contributed by atoms with Crippen molar-refractivity contribution in [1.29, 1.82) is 0 Å². The van der Waals surface area contributed by atoms with Crippen LogP contribution in [0.25, 0.3) is 11.4 Å². The second-order valence-corrected chi connectivity index (χ2v) is 6.92. The first-order valence-corrected chi connectivity index (χ1v) is 8.65. The standard InChI is InChI=1S/C18H12BrF2N3O2/c19-12-3-1-2-10(4-12)17-22-18(26-23-17)11-5-16(25)24(9-11)15-7-13(20)6-14(21)8-15/h1-4,6-8,11H,5,9H2. The first-order chi connectivity index (χ1) is 12.5. The molecule has 2 heterocycles. The van der Waals surface area contributed by atoms with Crippen molar-refractivity contribution in [3.8, 4) is 11.4 Å². The van der Waals surface area contributed by atoms with E-state index in [0.717, 1.165) is 28.2 Å². The Bertz CT molecular complexity index is 972. The maximum absolute atomic E-state index is 13.4. The molecule has 1 fully saturated rings. The fraction of sp³-hybridized carbons (Fsp3) is 0.167. The first-order valence-electron chi connectivity index (χ1n) is 7.85. The van der Waals surface area contributed by atoms with Crippen LogP contribution in [-0.4, -0.2) is 22.6 Å². The Morgan fingerprint density at radius 2 is 1.92 bits per heavy atom. The highest BCUT2D eigenvalue weighted by atomic mass is 79.9. The van der Waals surface area contributed by atoms with Crippen molar-refractivity contribution in [3.63, 3.8) is 0 Å². The summed E-state index contributed by atoms with van der Waals surface area (Å²) in [6, 6.07) is 10.5. The number of amides is 1. The van der Waals surface area contributed by atoms with Crippen molar-refractivity contribution >= 4 is 27.5 Å². The number of rotatable bonds is 3. The van der Waals surface area contributed by atoms with Gasteiger partial charge in [-0.2, -0.15) is 4.98 Å². The highest BCUT2D eigenvalue weighted by molar-refractivity contribution is 9.10. The summed E-state index contributed by atoms with van der Waals surface area (Å²) in [6.45, 7) is 0.224. The van der Waals surface area contributed by atoms with Crippen molar-refractivity contribution in [3.05, 3.63) is 64.5 Å². The Morgan fingerprint density at radius 1 is 1.15 bits per heavy atom. The average Bonchev–Trinajstić information content (AvgIpc) is 3.20. The van der Waals surface area contributed by atoms with E-state index < -0.39 is 11.6 Å². The molecule has 1 aliphatic rings. The molecule has 132 valence electrons. The summed E-state index contributed by atoms with van der Waals surface area (Å²) in [6.07, 6.45) is 0.137. The number of benzene rings is 2. The second-order valence-electron chi connectivity index (χ2n) is 6.00. The minimum atomic E-state index is -0.731. The van der Waals surface area contributed by atoms with E-state index in [0.29, 0.717) is 11.7 Å². The Morgan fingerprint density at radius 3 is 2.65 bits per heavy atom. The summed E-state index contributed by atoms with van der Waals surface area (Å²) >= 11 is 3.39. The molecule has 8 heteroatoms. The van der Waals surface area contributed by atoms with Gasteiger partial charge >= 0.3 is 0 Å². The molecule has 1 aliphatic heterocycles. The molecule has 0 N–H and O–H groups in total. The van der Waals surface area contributed by atoms with Gasteiger partial charge in [0.1, 0.15) is 11.6 Å². The molecule has 4 rings (SSSR count). The minimum Gasteiger partial charge on any atom is -0.339 e. The zero-order chi connectivity index (χ0) is 18.3. The maximum atomic E-state index is 13.4. The maximum Gasteiger partial charge on any atom is 0.232 e. The zero-order valence-corrected chi connectivity index (χ0v) is 14.9. The van der Waals surface area contributed by atoms with E-state index in [4.69, 9.17) is 4.52 Å². The van der Waals surface area contributed by atoms with Crippen molar-refractivity contribution in [2.24, 2.45) is 0 Å². The molecule has 0 radical (unpaired) electrons. The fourth-order valence-corrected chi connectivity index (χ4v) is 3.36. The number of aromatic nitrogens is 2. The highest BCUT2D eigenvalue weighted by Crippen LogP contribution is 2.32. The quantitative estimate of drug-likeness (QED) is 0.634. The van der Waals surface area contributed by atoms with Gasteiger partial charge in [-0.15, -0.1) is 0 Å². The summed E-state index contributed by atoms with van der Waals surface area (Å²) in [4.78, 5) is 18.0. The molecule has 1 saturated heterocycles. The number of hydrogen-bond donors (Lipinski definition) is 0. The van der Waals surface area contributed by atoms with Crippen molar-refractivity contribution in [2.75, 3.05) is 11.4 Å². The van der Waals surface area contributed by atoms with Crippen LogP contribution in [-0.2, 0) is 4.79 Å². The molecule has 1 atom stereocenters. The first kappa shape index (κ1) is 16.8. The highest BCUT2D eigenvalue weighted by Gasteiger charge is 2.35. The number of nitrogens with zero attached hydrogens (tertiary/aromatic N) is 3. The number of halogens is 3. The predicted molar refractivity (Wildman–Crippen MR) is 93.5 cm³/mol. The molecule has 26 heavy (non-hydrogen) atoms. The van der Waals surface area contributed by atoms with Gasteiger partial charge in [-0.1, -0.05) is 33.2 Å². The molecule has 3 aromatic rings. The van der Waals surface area contributed by atoms with Crippen molar-refractivity contribution < 1.29 is 18.1 Å². The van der Waals surface area contributed by atoms with Crippen LogP contribution in [0, 0.1) is 11.6 Å². The monoisotopic (exact) mass is 419 g/mol. The number of carbonyl (C=O) groups excluding carboxylic acids is 1. The van der Waals surface area contributed by atoms with Gasteiger partial charge in [0.15, 0.2) is 0 Å². The SMILES string of the molecule is O=C1CC(c2nc(-c3cccc(Br)c3)no2)CN1c1cc(F)cc(F)c1. The number of carbonyl (C=O) groups is 1. The molecule has 0 bridgehead atoms. The second kappa shape index (κ2) is 6.60. The predicted octanol–water partition coefficient (Wildman–Crippen LogP) is 4.30. The number of hydrogen-bond acceptors (Lipinski definition) is 4. The van der Waals surface area contributed by atoms with E-state index in [1.54, 1.807) is 0 Å². The lowest BCUT2D eigenvalue weighted by Crippen LogP contribution is -2.24. The number of anilines is 1.